The molecule has 0 saturated carbocycles. The highest BCUT2D eigenvalue weighted by Gasteiger charge is 2.25. The van der Waals surface area contributed by atoms with Crippen LogP contribution in [0.25, 0.3) is 0 Å². The van der Waals surface area contributed by atoms with Gasteiger partial charge in [-0.15, -0.1) is 0 Å². The summed E-state index contributed by atoms with van der Waals surface area (Å²) in [7, 11) is 0. The second-order valence-electron chi connectivity index (χ2n) is 7.47. The molecule has 0 bridgehead atoms. The lowest BCUT2D eigenvalue weighted by Crippen LogP contribution is -2.42. The molecular formula is C20H32N2S. The summed E-state index contributed by atoms with van der Waals surface area (Å²) in [5, 5.41) is 0. The van der Waals surface area contributed by atoms with Crippen molar-refractivity contribution in [1.82, 2.24) is 9.21 Å². The van der Waals surface area contributed by atoms with E-state index < -0.39 is 0 Å². The minimum Gasteiger partial charge on any atom is -0.296 e. The molecule has 0 aromatic heterocycles. The molecule has 1 atom stereocenters. The Morgan fingerprint density at radius 2 is 1.74 bits per heavy atom. The van der Waals surface area contributed by atoms with Crippen LogP contribution in [-0.2, 0) is 6.54 Å². The minimum atomic E-state index is 0.761. The van der Waals surface area contributed by atoms with E-state index in [1.54, 1.807) is 0 Å². The molecule has 2 nitrogen and oxygen atoms in total. The van der Waals surface area contributed by atoms with E-state index >= 15 is 0 Å². The van der Waals surface area contributed by atoms with Crippen LogP contribution < -0.4 is 0 Å². The van der Waals surface area contributed by atoms with Gasteiger partial charge in [0.25, 0.3) is 0 Å². The third kappa shape index (κ3) is 4.74. The van der Waals surface area contributed by atoms with Crippen molar-refractivity contribution in [2.45, 2.75) is 69.9 Å². The minimum absolute atomic E-state index is 0.761. The van der Waals surface area contributed by atoms with Gasteiger partial charge in [-0.05, 0) is 61.7 Å². The molecule has 2 heterocycles. The van der Waals surface area contributed by atoms with Crippen molar-refractivity contribution >= 4 is 11.9 Å². The molecule has 3 rings (SSSR count). The lowest BCUT2D eigenvalue weighted by molar-refractivity contribution is 0.104. The summed E-state index contributed by atoms with van der Waals surface area (Å²) in [6.07, 6.45) is 8.27. The Balaban J connectivity index is 1.69. The summed E-state index contributed by atoms with van der Waals surface area (Å²) in [6, 6.07) is 9.84. The summed E-state index contributed by atoms with van der Waals surface area (Å²) in [5.41, 5.74) is 1.52. The lowest BCUT2D eigenvalue weighted by atomic mass is 9.92. The number of hydrogen-bond donors (Lipinski definition) is 0. The van der Waals surface area contributed by atoms with Gasteiger partial charge in [-0.1, -0.05) is 44.9 Å². The Labute approximate surface area is 146 Å². The third-order valence-corrected chi connectivity index (χ3v) is 6.54. The molecule has 2 aliphatic heterocycles. The fourth-order valence-electron chi connectivity index (χ4n) is 4.01. The van der Waals surface area contributed by atoms with Crippen molar-refractivity contribution in [2.24, 2.45) is 5.92 Å². The van der Waals surface area contributed by atoms with Gasteiger partial charge < -0.3 is 0 Å². The number of rotatable bonds is 5. The van der Waals surface area contributed by atoms with Crippen LogP contribution in [0.4, 0.5) is 0 Å². The van der Waals surface area contributed by atoms with Gasteiger partial charge in [0.1, 0.15) is 0 Å². The van der Waals surface area contributed by atoms with Crippen molar-refractivity contribution in [3.05, 3.63) is 29.8 Å². The van der Waals surface area contributed by atoms with Gasteiger partial charge in [-0.2, -0.15) is 0 Å². The zero-order chi connectivity index (χ0) is 16.1. The van der Waals surface area contributed by atoms with E-state index in [2.05, 4.69) is 47.3 Å². The first-order valence-electron chi connectivity index (χ1n) is 9.49. The highest BCUT2D eigenvalue weighted by atomic mass is 32.2. The number of benzene rings is 1. The van der Waals surface area contributed by atoms with Crippen molar-refractivity contribution < 1.29 is 0 Å². The van der Waals surface area contributed by atoms with Crippen molar-refractivity contribution in [2.75, 3.05) is 19.6 Å². The fraction of sp³-hybridized carbons (Fsp3) is 0.700. The standard InChI is InChI=1S/C20H32N2S/c1-17(2)19-11-6-9-13-21(19)16-18-10-4-5-12-20(18)23-22-14-7-3-8-15-22/h4-5,10,12,17,19H,3,6-9,11,13-16H2,1-2H3. The average molecular weight is 333 g/mol. The summed E-state index contributed by atoms with van der Waals surface area (Å²) < 4.78 is 2.57. The SMILES string of the molecule is CC(C)C1CCCCN1Cc1ccccc1SN1CCCCC1. The van der Waals surface area contributed by atoms with Gasteiger partial charge in [0.15, 0.2) is 0 Å². The van der Waals surface area contributed by atoms with E-state index in [9.17, 15) is 0 Å². The third-order valence-electron chi connectivity index (χ3n) is 5.32. The molecule has 2 aliphatic rings. The van der Waals surface area contributed by atoms with Gasteiger partial charge >= 0.3 is 0 Å². The van der Waals surface area contributed by atoms with Crippen molar-refractivity contribution in [1.29, 1.82) is 0 Å². The Hall–Kier alpha value is -0.510. The number of nitrogens with zero attached hydrogens (tertiary/aromatic N) is 2. The Bertz CT molecular complexity index is 482. The second-order valence-corrected chi connectivity index (χ2v) is 8.61. The molecule has 0 radical (unpaired) electrons. The average Bonchev–Trinajstić information content (AvgIpc) is 2.58. The predicted octanol–water partition coefficient (Wildman–Crippen LogP) is 5.19. The molecule has 128 valence electrons. The van der Waals surface area contributed by atoms with Crippen LogP contribution in [0.3, 0.4) is 0 Å². The summed E-state index contributed by atoms with van der Waals surface area (Å²) >= 11 is 2.00. The van der Waals surface area contributed by atoms with Crippen LogP contribution in [0.15, 0.2) is 29.2 Å². The normalized spacial score (nSPS) is 24.2. The largest absolute Gasteiger partial charge is 0.296 e. The highest BCUT2D eigenvalue weighted by molar-refractivity contribution is 7.97. The summed E-state index contributed by atoms with van der Waals surface area (Å²) in [5.74, 6) is 0.761. The van der Waals surface area contributed by atoms with E-state index in [0.717, 1.165) is 18.5 Å². The van der Waals surface area contributed by atoms with E-state index in [4.69, 9.17) is 0 Å². The molecule has 3 heteroatoms. The molecule has 1 unspecified atom stereocenters. The van der Waals surface area contributed by atoms with Crippen LogP contribution in [-0.4, -0.2) is 34.9 Å². The smallest absolute Gasteiger partial charge is 0.0275 e. The van der Waals surface area contributed by atoms with E-state index in [-0.39, 0.29) is 0 Å². The van der Waals surface area contributed by atoms with Gasteiger partial charge in [0.05, 0.1) is 0 Å². The predicted molar refractivity (Wildman–Crippen MR) is 101 cm³/mol. The van der Waals surface area contributed by atoms with Crippen LogP contribution in [0.5, 0.6) is 0 Å². The number of hydrogen-bond acceptors (Lipinski definition) is 3. The zero-order valence-electron chi connectivity index (χ0n) is 14.8. The quantitative estimate of drug-likeness (QED) is 0.685. The van der Waals surface area contributed by atoms with Gasteiger partial charge in [-0.25, -0.2) is 4.31 Å². The lowest BCUT2D eigenvalue weighted by Gasteiger charge is -2.38. The maximum Gasteiger partial charge on any atom is 0.0275 e. The van der Waals surface area contributed by atoms with Gasteiger partial charge in [-0.3, -0.25) is 4.90 Å². The molecule has 2 saturated heterocycles. The topological polar surface area (TPSA) is 6.48 Å². The molecule has 0 amide bonds. The summed E-state index contributed by atoms with van der Waals surface area (Å²) in [6.45, 7) is 9.66. The molecule has 1 aromatic rings. The molecule has 2 fully saturated rings. The van der Waals surface area contributed by atoms with Crippen LogP contribution in [0.1, 0.15) is 57.9 Å². The van der Waals surface area contributed by atoms with E-state index in [1.165, 1.54) is 68.6 Å². The van der Waals surface area contributed by atoms with Gasteiger partial charge in [0.2, 0.25) is 0 Å². The molecule has 23 heavy (non-hydrogen) atoms. The van der Waals surface area contributed by atoms with Gasteiger partial charge in [0, 0.05) is 30.6 Å². The van der Waals surface area contributed by atoms with Crippen molar-refractivity contribution in [3.8, 4) is 0 Å². The van der Waals surface area contributed by atoms with Crippen LogP contribution in [0, 0.1) is 5.92 Å². The van der Waals surface area contributed by atoms with E-state index in [1.807, 2.05) is 11.9 Å². The summed E-state index contributed by atoms with van der Waals surface area (Å²) in [4.78, 5) is 4.21. The maximum atomic E-state index is 2.74. The number of piperidine rings is 2. The molecule has 0 spiro atoms. The first kappa shape index (κ1) is 17.3. The Morgan fingerprint density at radius 3 is 2.52 bits per heavy atom. The Morgan fingerprint density at radius 1 is 1.00 bits per heavy atom. The Kier molecular flexibility index (Phi) is 6.44. The first-order valence-corrected chi connectivity index (χ1v) is 10.3. The van der Waals surface area contributed by atoms with Crippen LogP contribution >= 0.6 is 11.9 Å². The van der Waals surface area contributed by atoms with E-state index in [0.29, 0.717) is 0 Å². The molecule has 0 aliphatic carbocycles. The monoisotopic (exact) mass is 332 g/mol. The number of likely N-dealkylation sites (tertiary alicyclic amines) is 1. The zero-order valence-corrected chi connectivity index (χ0v) is 15.7. The molecule has 1 aromatic carbocycles. The molecule has 0 N–H and O–H groups in total. The fourth-order valence-corrected chi connectivity index (χ4v) is 5.11. The van der Waals surface area contributed by atoms with Crippen molar-refractivity contribution in [3.63, 3.8) is 0 Å². The second kappa shape index (κ2) is 8.55. The first-order chi connectivity index (χ1) is 11.2. The van der Waals surface area contributed by atoms with Crippen LogP contribution in [0.2, 0.25) is 0 Å². The molecular weight excluding hydrogens is 300 g/mol. The highest BCUT2D eigenvalue weighted by Crippen LogP contribution is 2.31. The maximum absolute atomic E-state index is 2.74.